The molecule has 5 aromatic rings. The lowest BCUT2D eigenvalue weighted by molar-refractivity contribution is -0.113. The largest absolute Gasteiger partial charge is 0.348 e. The molecule has 0 radical (unpaired) electrons. The van der Waals surface area contributed by atoms with Gasteiger partial charge in [0.15, 0.2) is 11.0 Å². The zero-order chi connectivity index (χ0) is 26.2. The molecule has 0 aliphatic rings. The van der Waals surface area contributed by atoms with Gasteiger partial charge in [-0.05, 0) is 29.8 Å². The minimum absolute atomic E-state index is 0.0969. The Morgan fingerprint density at radius 1 is 0.737 bits per heavy atom. The number of carbonyl (C=O) groups excluding carboxylic acids is 2. The van der Waals surface area contributed by atoms with Gasteiger partial charge in [0.05, 0.1) is 17.0 Å². The van der Waals surface area contributed by atoms with Crippen LogP contribution in [0.15, 0.2) is 120 Å². The number of aromatic nitrogens is 3. The molecule has 2 amide bonds. The molecule has 0 saturated heterocycles. The molecular formula is C30H25N5O2S. The molecule has 8 heteroatoms. The van der Waals surface area contributed by atoms with Gasteiger partial charge in [-0.2, -0.15) is 0 Å². The van der Waals surface area contributed by atoms with E-state index >= 15 is 0 Å². The highest BCUT2D eigenvalue weighted by Gasteiger charge is 2.18. The predicted molar refractivity (Wildman–Crippen MR) is 150 cm³/mol. The fraction of sp³-hybridized carbons (Fsp3) is 0.0667. The van der Waals surface area contributed by atoms with Crippen LogP contribution in [0.2, 0.25) is 0 Å². The summed E-state index contributed by atoms with van der Waals surface area (Å²) in [6.07, 6.45) is 0. The van der Waals surface area contributed by atoms with Crippen LogP contribution >= 0.6 is 11.8 Å². The summed E-state index contributed by atoms with van der Waals surface area (Å²) in [6.45, 7) is 0.400. The molecule has 0 fully saturated rings. The number of hydrogen-bond acceptors (Lipinski definition) is 5. The summed E-state index contributed by atoms with van der Waals surface area (Å²) in [6, 6.07) is 36.3. The summed E-state index contributed by atoms with van der Waals surface area (Å²) in [5, 5.41) is 15.2. The van der Waals surface area contributed by atoms with Gasteiger partial charge >= 0.3 is 0 Å². The van der Waals surface area contributed by atoms with E-state index in [4.69, 9.17) is 0 Å². The van der Waals surface area contributed by atoms with Crippen molar-refractivity contribution in [1.82, 2.24) is 20.1 Å². The van der Waals surface area contributed by atoms with Crippen molar-refractivity contribution in [2.24, 2.45) is 0 Å². The first-order valence-corrected chi connectivity index (χ1v) is 13.1. The highest BCUT2D eigenvalue weighted by molar-refractivity contribution is 7.99. The number of nitrogens with zero attached hydrogens (tertiary/aromatic N) is 3. The summed E-state index contributed by atoms with van der Waals surface area (Å²) in [5.74, 6) is 0.288. The lowest BCUT2D eigenvalue weighted by Gasteiger charge is -2.12. The SMILES string of the molecule is O=C(CSc1nnc(-c2ccccc2)n1-c1ccccc1)Nc1ccccc1C(=O)NCc1ccccc1. The number of benzene rings is 4. The number of anilines is 1. The van der Waals surface area contributed by atoms with Crippen LogP contribution in [0.5, 0.6) is 0 Å². The molecule has 0 bridgehead atoms. The minimum Gasteiger partial charge on any atom is -0.348 e. The van der Waals surface area contributed by atoms with E-state index in [9.17, 15) is 9.59 Å². The Hall–Kier alpha value is -4.69. The van der Waals surface area contributed by atoms with Crippen molar-refractivity contribution in [1.29, 1.82) is 0 Å². The molecule has 0 saturated carbocycles. The third kappa shape index (κ3) is 5.99. The van der Waals surface area contributed by atoms with Crippen molar-refractivity contribution in [2.75, 3.05) is 11.1 Å². The van der Waals surface area contributed by atoms with Gasteiger partial charge < -0.3 is 10.6 Å². The van der Waals surface area contributed by atoms with Crippen LogP contribution in [0.1, 0.15) is 15.9 Å². The highest BCUT2D eigenvalue weighted by Crippen LogP contribution is 2.28. The van der Waals surface area contributed by atoms with Crippen molar-refractivity contribution in [3.8, 4) is 17.1 Å². The molecule has 7 nitrogen and oxygen atoms in total. The Labute approximate surface area is 224 Å². The first-order chi connectivity index (χ1) is 18.7. The molecule has 1 heterocycles. The summed E-state index contributed by atoms with van der Waals surface area (Å²) in [5.41, 5.74) is 3.69. The molecule has 1 aromatic heterocycles. The first kappa shape index (κ1) is 25.0. The first-order valence-electron chi connectivity index (χ1n) is 12.1. The predicted octanol–water partition coefficient (Wildman–Crippen LogP) is 5.60. The monoisotopic (exact) mass is 519 g/mol. The number of para-hydroxylation sites is 2. The van der Waals surface area contributed by atoms with Gasteiger partial charge in [-0.15, -0.1) is 10.2 Å². The van der Waals surface area contributed by atoms with E-state index < -0.39 is 0 Å². The molecule has 0 spiro atoms. The van der Waals surface area contributed by atoms with Crippen LogP contribution in [0.4, 0.5) is 5.69 Å². The Bertz CT molecular complexity index is 1520. The molecule has 0 aliphatic heterocycles. The maximum Gasteiger partial charge on any atom is 0.253 e. The quantitative estimate of drug-likeness (QED) is 0.248. The minimum atomic E-state index is -0.256. The number of hydrogen-bond donors (Lipinski definition) is 2. The van der Waals surface area contributed by atoms with E-state index in [-0.39, 0.29) is 17.6 Å². The van der Waals surface area contributed by atoms with Crippen LogP contribution in [0.3, 0.4) is 0 Å². The molecule has 0 aliphatic carbocycles. The van der Waals surface area contributed by atoms with Crippen molar-refractivity contribution in [3.63, 3.8) is 0 Å². The van der Waals surface area contributed by atoms with Crippen molar-refractivity contribution >= 4 is 29.3 Å². The van der Waals surface area contributed by atoms with Crippen molar-refractivity contribution in [3.05, 3.63) is 126 Å². The normalized spacial score (nSPS) is 10.6. The molecule has 188 valence electrons. The van der Waals surface area contributed by atoms with Gasteiger partial charge in [-0.25, -0.2) is 0 Å². The van der Waals surface area contributed by atoms with Gasteiger partial charge in [0.25, 0.3) is 5.91 Å². The number of nitrogens with one attached hydrogen (secondary N) is 2. The second kappa shape index (κ2) is 12.0. The maximum absolute atomic E-state index is 12.9. The molecular weight excluding hydrogens is 494 g/mol. The van der Waals surface area contributed by atoms with Gasteiger partial charge in [-0.1, -0.05) is 103 Å². The third-order valence-electron chi connectivity index (χ3n) is 5.75. The molecule has 2 N–H and O–H groups in total. The Morgan fingerprint density at radius 3 is 2.11 bits per heavy atom. The molecule has 38 heavy (non-hydrogen) atoms. The highest BCUT2D eigenvalue weighted by atomic mass is 32.2. The van der Waals surface area contributed by atoms with Gasteiger partial charge in [0.2, 0.25) is 5.91 Å². The Balaban J connectivity index is 1.29. The van der Waals surface area contributed by atoms with E-state index in [1.54, 1.807) is 24.3 Å². The summed E-state index contributed by atoms with van der Waals surface area (Å²) in [7, 11) is 0. The topological polar surface area (TPSA) is 88.9 Å². The number of amides is 2. The molecule has 0 unspecified atom stereocenters. The molecule has 4 aromatic carbocycles. The summed E-state index contributed by atoms with van der Waals surface area (Å²) < 4.78 is 1.94. The Morgan fingerprint density at radius 2 is 1.37 bits per heavy atom. The van der Waals surface area contributed by atoms with Gasteiger partial charge in [0, 0.05) is 17.8 Å². The van der Waals surface area contributed by atoms with E-state index in [2.05, 4.69) is 20.8 Å². The number of rotatable bonds is 9. The van der Waals surface area contributed by atoms with Crippen molar-refractivity contribution < 1.29 is 9.59 Å². The summed E-state index contributed by atoms with van der Waals surface area (Å²) in [4.78, 5) is 25.8. The second-order valence-electron chi connectivity index (χ2n) is 8.39. The van der Waals surface area contributed by atoms with E-state index in [0.29, 0.717) is 28.8 Å². The number of thioether (sulfide) groups is 1. The molecule has 5 rings (SSSR count). The van der Waals surface area contributed by atoms with Crippen LogP contribution in [-0.2, 0) is 11.3 Å². The van der Waals surface area contributed by atoms with E-state index in [1.165, 1.54) is 11.8 Å². The standard InChI is InChI=1S/C30H25N5O2S/c36-27(32-26-19-11-10-18-25(26)29(37)31-20-22-12-4-1-5-13-22)21-38-30-34-33-28(23-14-6-2-7-15-23)35(30)24-16-8-3-9-17-24/h1-19H,20-21H2,(H,31,37)(H,32,36). The fourth-order valence-electron chi connectivity index (χ4n) is 3.93. The fourth-order valence-corrected chi connectivity index (χ4v) is 4.68. The van der Waals surface area contributed by atoms with Crippen LogP contribution in [-0.4, -0.2) is 32.3 Å². The number of carbonyl (C=O) groups is 2. The van der Waals surface area contributed by atoms with Crippen LogP contribution in [0, 0.1) is 0 Å². The van der Waals surface area contributed by atoms with E-state index in [1.807, 2.05) is 95.6 Å². The lowest BCUT2D eigenvalue weighted by Crippen LogP contribution is -2.25. The molecule has 0 atom stereocenters. The average molecular weight is 520 g/mol. The second-order valence-corrected chi connectivity index (χ2v) is 9.34. The smallest absolute Gasteiger partial charge is 0.253 e. The van der Waals surface area contributed by atoms with Crippen LogP contribution < -0.4 is 10.6 Å². The van der Waals surface area contributed by atoms with Crippen molar-refractivity contribution in [2.45, 2.75) is 11.7 Å². The van der Waals surface area contributed by atoms with Crippen LogP contribution in [0.25, 0.3) is 17.1 Å². The maximum atomic E-state index is 12.9. The zero-order valence-electron chi connectivity index (χ0n) is 20.5. The lowest BCUT2D eigenvalue weighted by atomic mass is 10.1. The Kier molecular flexibility index (Phi) is 7.91. The zero-order valence-corrected chi connectivity index (χ0v) is 21.3. The van der Waals surface area contributed by atoms with Gasteiger partial charge in [0.1, 0.15) is 0 Å². The third-order valence-corrected chi connectivity index (χ3v) is 6.68. The van der Waals surface area contributed by atoms with E-state index in [0.717, 1.165) is 16.8 Å². The summed E-state index contributed by atoms with van der Waals surface area (Å²) >= 11 is 1.28. The average Bonchev–Trinajstić information content (AvgIpc) is 3.41. The van der Waals surface area contributed by atoms with Gasteiger partial charge in [-0.3, -0.25) is 14.2 Å².